The fraction of sp³-hybridized carbons (Fsp3) is 0.533. The minimum atomic E-state index is -0.148. The van der Waals surface area contributed by atoms with Gasteiger partial charge in [0.2, 0.25) is 0 Å². The minimum Gasteiger partial charge on any atom is -0.384 e. The fourth-order valence-electron chi connectivity index (χ4n) is 2.37. The first-order valence-electron chi connectivity index (χ1n) is 7.00. The van der Waals surface area contributed by atoms with E-state index in [0.29, 0.717) is 12.6 Å². The van der Waals surface area contributed by atoms with E-state index >= 15 is 0 Å². The van der Waals surface area contributed by atoms with Crippen molar-refractivity contribution in [2.75, 3.05) is 6.61 Å². The van der Waals surface area contributed by atoms with E-state index in [1.165, 1.54) is 19.3 Å². The Morgan fingerprint density at radius 1 is 1.40 bits per heavy atom. The van der Waals surface area contributed by atoms with E-state index in [4.69, 9.17) is 5.11 Å². The van der Waals surface area contributed by atoms with E-state index in [2.05, 4.69) is 22.5 Å². The summed E-state index contributed by atoms with van der Waals surface area (Å²) < 4.78 is 0. The zero-order chi connectivity index (χ0) is 14.2. The van der Waals surface area contributed by atoms with Crippen LogP contribution < -0.4 is 10.6 Å². The normalized spacial score (nSPS) is 15.2. The van der Waals surface area contributed by atoms with Crippen LogP contribution in [0.25, 0.3) is 0 Å². The van der Waals surface area contributed by atoms with Crippen LogP contribution in [0.15, 0.2) is 11.4 Å². The number of amides is 2. The van der Waals surface area contributed by atoms with E-state index in [0.717, 1.165) is 23.3 Å². The standard InChI is InChI=1S/C15H20N2O2S/c18-9-4-5-12-8-10-20-14(12)11-16-15(19)17-13-6-2-1-3-7-13/h8,10,13,18H,1-3,6-7,9,11H2,(H2,16,17,19). The van der Waals surface area contributed by atoms with Crippen LogP contribution in [0.3, 0.4) is 0 Å². The third-order valence-electron chi connectivity index (χ3n) is 3.40. The Morgan fingerprint density at radius 3 is 2.95 bits per heavy atom. The van der Waals surface area contributed by atoms with E-state index in [9.17, 15) is 4.79 Å². The van der Waals surface area contributed by atoms with Gasteiger partial charge in [0.1, 0.15) is 6.61 Å². The van der Waals surface area contributed by atoms with E-state index in [1.54, 1.807) is 11.3 Å². The molecule has 1 aliphatic rings. The number of thiophene rings is 1. The third-order valence-corrected chi connectivity index (χ3v) is 4.32. The predicted molar refractivity (Wildman–Crippen MR) is 80.5 cm³/mol. The SMILES string of the molecule is O=C(NCc1sccc1C#CCO)NC1CCCCC1. The van der Waals surface area contributed by atoms with Crippen molar-refractivity contribution < 1.29 is 9.90 Å². The van der Waals surface area contributed by atoms with E-state index in [-0.39, 0.29) is 12.6 Å². The molecule has 1 aliphatic carbocycles. The first kappa shape index (κ1) is 14.9. The van der Waals surface area contributed by atoms with Gasteiger partial charge < -0.3 is 15.7 Å². The van der Waals surface area contributed by atoms with Crippen molar-refractivity contribution in [3.63, 3.8) is 0 Å². The molecule has 1 aromatic heterocycles. The van der Waals surface area contributed by atoms with Gasteiger partial charge in [0.25, 0.3) is 0 Å². The van der Waals surface area contributed by atoms with Gasteiger partial charge >= 0.3 is 6.03 Å². The maximum atomic E-state index is 11.8. The van der Waals surface area contributed by atoms with Crippen LogP contribution in [0.2, 0.25) is 0 Å². The summed E-state index contributed by atoms with van der Waals surface area (Å²) in [6.45, 7) is 0.330. The molecule has 108 valence electrons. The molecule has 20 heavy (non-hydrogen) atoms. The highest BCUT2D eigenvalue weighted by Crippen LogP contribution is 2.17. The van der Waals surface area contributed by atoms with Gasteiger partial charge in [-0.2, -0.15) is 0 Å². The second-order valence-corrected chi connectivity index (χ2v) is 5.88. The van der Waals surface area contributed by atoms with Crippen molar-refractivity contribution in [2.24, 2.45) is 0 Å². The highest BCUT2D eigenvalue weighted by Gasteiger charge is 2.15. The number of hydrogen-bond acceptors (Lipinski definition) is 3. The number of aliphatic hydroxyl groups excluding tert-OH is 1. The molecule has 1 heterocycles. The molecule has 0 atom stereocenters. The molecule has 1 fully saturated rings. The number of nitrogens with one attached hydrogen (secondary N) is 2. The zero-order valence-electron chi connectivity index (χ0n) is 11.4. The number of urea groups is 1. The molecule has 4 nitrogen and oxygen atoms in total. The van der Waals surface area contributed by atoms with E-state index in [1.807, 2.05) is 11.4 Å². The van der Waals surface area contributed by atoms with Crippen LogP contribution in [0, 0.1) is 11.8 Å². The molecule has 0 unspecified atom stereocenters. The van der Waals surface area contributed by atoms with Crippen LogP contribution in [-0.2, 0) is 6.54 Å². The van der Waals surface area contributed by atoms with Crippen LogP contribution in [0.4, 0.5) is 4.79 Å². The molecule has 0 spiro atoms. The number of aliphatic hydroxyl groups is 1. The van der Waals surface area contributed by atoms with Crippen molar-refractivity contribution in [3.05, 3.63) is 21.9 Å². The number of carbonyl (C=O) groups is 1. The quantitative estimate of drug-likeness (QED) is 0.748. The minimum absolute atomic E-state index is 0.105. The molecule has 0 aliphatic heterocycles. The van der Waals surface area contributed by atoms with Crippen LogP contribution in [0.5, 0.6) is 0 Å². The van der Waals surface area contributed by atoms with Gasteiger partial charge in [-0.05, 0) is 24.3 Å². The number of rotatable bonds is 3. The van der Waals surface area contributed by atoms with Crippen LogP contribution in [-0.4, -0.2) is 23.8 Å². The van der Waals surface area contributed by atoms with Gasteiger partial charge in [-0.15, -0.1) is 11.3 Å². The molecule has 0 radical (unpaired) electrons. The van der Waals surface area contributed by atoms with Gasteiger partial charge in [-0.1, -0.05) is 31.1 Å². The van der Waals surface area contributed by atoms with Crippen molar-refractivity contribution >= 4 is 17.4 Å². The maximum Gasteiger partial charge on any atom is 0.315 e. The Kier molecular flexibility index (Phi) is 5.90. The lowest BCUT2D eigenvalue weighted by Crippen LogP contribution is -2.42. The summed E-state index contributed by atoms with van der Waals surface area (Å²) in [7, 11) is 0. The molecule has 2 amide bonds. The Labute approximate surface area is 123 Å². The smallest absolute Gasteiger partial charge is 0.315 e. The Balaban J connectivity index is 1.79. The molecule has 0 aromatic carbocycles. The van der Waals surface area contributed by atoms with Crippen molar-refractivity contribution in [1.82, 2.24) is 10.6 Å². The summed E-state index contributed by atoms with van der Waals surface area (Å²) in [5.41, 5.74) is 0.877. The zero-order valence-corrected chi connectivity index (χ0v) is 12.3. The lowest BCUT2D eigenvalue weighted by atomic mass is 9.96. The second kappa shape index (κ2) is 7.93. The van der Waals surface area contributed by atoms with Gasteiger partial charge in [0.15, 0.2) is 0 Å². The van der Waals surface area contributed by atoms with Crippen molar-refractivity contribution in [3.8, 4) is 11.8 Å². The summed E-state index contributed by atoms with van der Waals surface area (Å²) in [6, 6.07) is 2.12. The molecule has 1 saturated carbocycles. The van der Waals surface area contributed by atoms with Gasteiger partial charge in [-0.25, -0.2) is 4.79 Å². The fourth-order valence-corrected chi connectivity index (χ4v) is 3.14. The summed E-state index contributed by atoms with van der Waals surface area (Å²) >= 11 is 1.56. The van der Waals surface area contributed by atoms with Crippen molar-refractivity contribution in [1.29, 1.82) is 0 Å². The summed E-state index contributed by atoms with van der Waals surface area (Å²) in [5, 5.41) is 16.6. The molecule has 0 saturated heterocycles. The lowest BCUT2D eigenvalue weighted by molar-refractivity contribution is 0.232. The topological polar surface area (TPSA) is 61.4 Å². The third kappa shape index (κ3) is 4.55. The van der Waals surface area contributed by atoms with Crippen LogP contribution in [0.1, 0.15) is 42.5 Å². The Hall–Kier alpha value is -1.51. The molecule has 5 heteroatoms. The second-order valence-electron chi connectivity index (χ2n) is 4.88. The lowest BCUT2D eigenvalue weighted by Gasteiger charge is -2.22. The molecule has 1 aromatic rings. The average Bonchev–Trinajstić information content (AvgIpc) is 2.91. The molecule has 0 bridgehead atoms. The summed E-state index contributed by atoms with van der Waals surface area (Å²) in [5.74, 6) is 5.52. The van der Waals surface area contributed by atoms with Gasteiger partial charge in [0, 0.05) is 16.5 Å². The van der Waals surface area contributed by atoms with E-state index < -0.39 is 0 Å². The summed E-state index contributed by atoms with van der Waals surface area (Å²) in [6.07, 6.45) is 5.86. The van der Waals surface area contributed by atoms with Gasteiger partial charge in [0.05, 0.1) is 6.54 Å². The Bertz CT molecular complexity index is 495. The van der Waals surface area contributed by atoms with Gasteiger partial charge in [-0.3, -0.25) is 0 Å². The monoisotopic (exact) mass is 292 g/mol. The van der Waals surface area contributed by atoms with Crippen LogP contribution >= 0.6 is 11.3 Å². The molecular formula is C15H20N2O2S. The highest BCUT2D eigenvalue weighted by molar-refractivity contribution is 7.10. The molecule has 3 N–H and O–H groups in total. The Morgan fingerprint density at radius 2 is 2.20 bits per heavy atom. The van der Waals surface area contributed by atoms with Crippen molar-refractivity contribution in [2.45, 2.75) is 44.7 Å². The number of carbonyl (C=O) groups excluding carboxylic acids is 1. The predicted octanol–water partition coefficient (Wildman–Crippen LogP) is 2.22. The first-order valence-corrected chi connectivity index (χ1v) is 7.88. The first-order chi connectivity index (χ1) is 9.79. The maximum absolute atomic E-state index is 11.8. The summed E-state index contributed by atoms with van der Waals surface area (Å²) in [4.78, 5) is 12.9. The average molecular weight is 292 g/mol. The largest absolute Gasteiger partial charge is 0.384 e. The highest BCUT2D eigenvalue weighted by atomic mass is 32.1. The number of hydrogen-bond donors (Lipinski definition) is 3. The molecule has 2 rings (SSSR count). The molecular weight excluding hydrogens is 272 g/mol.